The molecule has 0 amide bonds. The van der Waals surface area contributed by atoms with E-state index in [0.29, 0.717) is 0 Å². The van der Waals surface area contributed by atoms with Crippen LogP contribution in [0.15, 0.2) is 52.0 Å². The van der Waals surface area contributed by atoms with E-state index >= 15 is 0 Å². The highest BCUT2D eigenvalue weighted by Gasteiger charge is 2.39. The Kier molecular flexibility index (Phi) is 3.48. The predicted octanol–water partition coefficient (Wildman–Crippen LogP) is 2.04. The van der Waals surface area contributed by atoms with E-state index in [1.807, 2.05) is 0 Å². The van der Waals surface area contributed by atoms with Crippen LogP contribution < -0.4 is 0 Å². The molecule has 0 spiro atoms. The van der Waals surface area contributed by atoms with Crippen LogP contribution in [0.3, 0.4) is 0 Å². The Morgan fingerprint density at radius 2 is 1.37 bits per heavy atom. The van der Waals surface area contributed by atoms with Crippen LogP contribution in [0.2, 0.25) is 0 Å². The lowest BCUT2D eigenvalue weighted by atomic mass is 9.80. The highest BCUT2D eigenvalue weighted by atomic mass is 32.2. The average Bonchev–Trinajstić information content (AvgIpc) is 3.12. The zero-order valence-corrected chi connectivity index (χ0v) is 14.1. The molecule has 4 rings (SSSR count). The van der Waals surface area contributed by atoms with Crippen LogP contribution in [-0.4, -0.2) is 34.8 Å². The number of aromatic hydroxyl groups is 2. The molecule has 1 aliphatic carbocycles. The van der Waals surface area contributed by atoms with Crippen LogP contribution >= 0.6 is 0 Å². The molecule has 0 radical (unpaired) electrons. The number of hydrogen-bond donors (Lipinski definition) is 2. The van der Waals surface area contributed by atoms with Crippen molar-refractivity contribution in [3.8, 4) is 22.8 Å². The number of carbonyl (C=O) groups excluding carboxylic acids is 2. The highest BCUT2D eigenvalue weighted by molar-refractivity contribution is 7.86. The maximum Gasteiger partial charge on any atom is 0.198 e. The molecule has 0 saturated heterocycles. The third kappa shape index (κ3) is 2.29. The van der Waals surface area contributed by atoms with Crippen molar-refractivity contribution in [2.24, 2.45) is 0 Å². The van der Waals surface area contributed by atoms with Crippen molar-refractivity contribution in [2.75, 3.05) is 0 Å². The molecule has 0 aliphatic heterocycles. The van der Waals surface area contributed by atoms with Crippen molar-refractivity contribution in [1.82, 2.24) is 0 Å². The lowest BCUT2D eigenvalue weighted by Crippen LogP contribution is -2.23. The number of ketones is 2. The van der Waals surface area contributed by atoms with Gasteiger partial charge in [-0.2, -0.15) is 0 Å². The highest BCUT2D eigenvalue weighted by Crippen LogP contribution is 2.48. The van der Waals surface area contributed by atoms with Gasteiger partial charge in [-0.3, -0.25) is 9.59 Å². The summed E-state index contributed by atoms with van der Waals surface area (Å²) >= 11 is 0. The summed E-state index contributed by atoms with van der Waals surface area (Å²) in [6.07, 6.45) is 1.20. The summed E-state index contributed by atoms with van der Waals surface area (Å²) in [5.74, 6) is -4.14. The third-order valence-electron chi connectivity index (χ3n) is 4.29. The van der Waals surface area contributed by atoms with E-state index in [-0.39, 0.29) is 16.9 Å². The van der Waals surface area contributed by atoms with Gasteiger partial charge < -0.3 is 19.2 Å². The van der Waals surface area contributed by atoms with Gasteiger partial charge in [-0.05, 0) is 12.1 Å². The minimum Gasteiger partial charge on any atom is -0.744 e. The van der Waals surface area contributed by atoms with E-state index in [9.17, 15) is 32.8 Å². The summed E-state index contributed by atoms with van der Waals surface area (Å²) in [7, 11) is -5.38. The molecule has 2 aromatic carbocycles. The Hall–Kier alpha value is -3.43. The molecule has 8 nitrogen and oxygen atoms in total. The second-order valence-corrected chi connectivity index (χ2v) is 7.10. The second-order valence-electron chi connectivity index (χ2n) is 5.79. The van der Waals surface area contributed by atoms with Crippen LogP contribution in [0.4, 0.5) is 0 Å². The summed E-state index contributed by atoms with van der Waals surface area (Å²) < 4.78 is 40.0. The Balaban J connectivity index is 2.23. The molecule has 0 fully saturated rings. The molecule has 0 bridgehead atoms. The maximum absolute atomic E-state index is 13.0. The fourth-order valence-corrected chi connectivity index (χ4v) is 3.87. The van der Waals surface area contributed by atoms with Gasteiger partial charge in [-0.25, -0.2) is 8.42 Å². The summed E-state index contributed by atoms with van der Waals surface area (Å²) in [5.41, 5.74) is -1.60. The fourth-order valence-electron chi connectivity index (χ4n) is 3.20. The Morgan fingerprint density at radius 3 is 1.89 bits per heavy atom. The van der Waals surface area contributed by atoms with E-state index in [1.165, 1.54) is 42.7 Å². The minimum absolute atomic E-state index is 0.0133. The van der Waals surface area contributed by atoms with Gasteiger partial charge in [0.05, 0.1) is 23.0 Å². The SMILES string of the molecule is O=C1c2ccccc2C(=O)c2c1c(O)c(S(=O)(=O)[O-])c(O)c2-c1ccco1. The molecule has 1 heterocycles. The number of phenols is 2. The Morgan fingerprint density at radius 1 is 0.815 bits per heavy atom. The molecular formula is C18H9O8S-. The monoisotopic (exact) mass is 385 g/mol. The Bertz CT molecular complexity index is 1240. The molecule has 3 aromatic rings. The van der Waals surface area contributed by atoms with Crippen molar-refractivity contribution < 1.29 is 37.2 Å². The van der Waals surface area contributed by atoms with Gasteiger partial charge in [0.2, 0.25) is 0 Å². The van der Waals surface area contributed by atoms with Gasteiger partial charge in [-0.15, -0.1) is 0 Å². The summed E-state index contributed by atoms with van der Waals surface area (Å²) in [6, 6.07) is 8.46. The number of rotatable bonds is 2. The minimum atomic E-state index is -5.38. The maximum atomic E-state index is 13.0. The lowest BCUT2D eigenvalue weighted by molar-refractivity contribution is 0.0976. The largest absolute Gasteiger partial charge is 0.744 e. The zero-order chi connectivity index (χ0) is 19.5. The third-order valence-corrected chi connectivity index (χ3v) is 5.18. The van der Waals surface area contributed by atoms with E-state index < -0.39 is 54.8 Å². The van der Waals surface area contributed by atoms with E-state index in [0.717, 1.165) is 0 Å². The number of phenolic OH excluding ortho intramolecular Hbond substituents is 2. The van der Waals surface area contributed by atoms with Gasteiger partial charge in [-0.1, -0.05) is 24.3 Å². The first-order chi connectivity index (χ1) is 12.7. The number of benzene rings is 2. The second kappa shape index (κ2) is 5.53. The van der Waals surface area contributed by atoms with Crippen molar-refractivity contribution in [3.05, 3.63) is 64.9 Å². The summed E-state index contributed by atoms with van der Waals surface area (Å²) in [5, 5.41) is 20.8. The lowest BCUT2D eigenvalue weighted by Gasteiger charge is -2.24. The van der Waals surface area contributed by atoms with Crippen molar-refractivity contribution in [1.29, 1.82) is 0 Å². The van der Waals surface area contributed by atoms with Crippen molar-refractivity contribution in [3.63, 3.8) is 0 Å². The molecule has 27 heavy (non-hydrogen) atoms. The van der Waals surface area contributed by atoms with Gasteiger partial charge in [0.15, 0.2) is 11.6 Å². The quantitative estimate of drug-likeness (QED) is 0.499. The van der Waals surface area contributed by atoms with Gasteiger partial charge >= 0.3 is 0 Å². The van der Waals surface area contributed by atoms with Crippen LogP contribution in [0.5, 0.6) is 11.5 Å². The molecule has 0 unspecified atom stereocenters. The number of fused-ring (bicyclic) bond motifs is 2. The van der Waals surface area contributed by atoms with E-state index in [4.69, 9.17) is 4.42 Å². The molecule has 2 N–H and O–H groups in total. The van der Waals surface area contributed by atoms with Crippen LogP contribution in [-0.2, 0) is 10.1 Å². The smallest absolute Gasteiger partial charge is 0.198 e. The molecule has 0 saturated carbocycles. The fraction of sp³-hybridized carbons (Fsp3) is 0. The summed E-state index contributed by atoms with van der Waals surface area (Å²) in [4.78, 5) is 24.5. The van der Waals surface area contributed by atoms with Gasteiger partial charge in [0.1, 0.15) is 32.3 Å². The number of furan rings is 1. The molecule has 9 heteroatoms. The zero-order valence-electron chi connectivity index (χ0n) is 13.3. The van der Waals surface area contributed by atoms with Crippen molar-refractivity contribution >= 4 is 21.7 Å². The van der Waals surface area contributed by atoms with Gasteiger partial charge in [0.25, 0.3) is 0 Å². The van der Waals surface area contributed by atoms with Crippen LogP contribution in [0.25, 0.3) is 11.3 Å². The van der Waals surface area contributed by atoms with Crippen LogP contribution in [0.1, 0.15) is 31.8 Å². The normalized spacial score (nSPS) is 13.4. The van der Waals surface area contributed by atoms with Crippen molar-refractivity contribution in [2.45, 2.75) is 4.90 Å². The molecule has 1 aromatic heterocycles. The first-order valence-corrected chi connectivity index (χ1v) is 8.94. The van der Waals surface area contributed by atoms with E-state index in [2.05, 4.69) is 0 Å². The average molecular weight is 385 g/mol. The van der Waals surface area contributed by atoms with E-state index in [1.54, 1.807) is 0 Å². The topological polar surface area (TPSA) is 145 Å². The first-order valence-electron chi connectivity index (χ1n) is 7.53. The van der Waals surface area contributed by atoms with Gasteiger partial charge in [0, 0.05) is 11.1 Å². The standard InChI is InChI=1S/C18H10O8S/c19-14-8-4-1-2-5-9(8)15(20)13-12(14)11(10-6-3-7-26-10)16(21)18(17(13)22)27(23,24)25/h1-7,21-22H,(H,23,24,25)/p-1. The Labute approximate surface area is 152 Å². The first kappa shape index (κ1) is 17.0. The predicted molar refractivity (Wildman–Crippen MR) is 88.7 cm³/mol. The molecule has 1 aliphatic rings. The summed E-state index contributed by atoms with van der Waals surface area (Å²) in [6.45, 7) is 0. The van der Waals surface area contributed by atoms with Crippen LogP contribution in [0, 0.1) is 0 Å². The molecular weight excluding hydrogens is 376 g/mol. The number of carbonyl (C=O) groups is 2. The molecule has 136 valence electrons. The number of hydrogen-bond acceptors (Lipinski definition) is 8. The molecule has 0 atom stereocenters.